The van der Waals surface area contributed by atoms with Crippen molar-refractivity contribution in [2.24, 2.45) is 0 Å². The van der Waals surface area contributed by atoms with Crippen molar-refractivity contribution in [3.8, 4) is 0 Å². The Morgan fingerprint density at radius 2 is 1.74 bits per heavy atom. The van der Waals surface area contributed by atoms with E-state index in [0.717, 1.165) is 45.2 Å². The molecule has 3 atom stereocenters. The Morgan fingerprint density at radius 3 is 2.37 bits per heavy atom. The van der Waals surface area contributed by atoms with Crippen LogP contribution in [0.2, 0.25) is 0 Å². The zero-order valence-electron chi connectivity index (χ0n) is 16.9. The maximum absolute atomic E-state index is 14.0. The fourth-order valence-electron chi connectivity index (χ4n) is 4.34. The van der Waals surface area contributed by atoms with E-state index in [1.54, 1.807) is 0 Å². The molecule has 2 heteroatoms. The lowest BCUT2D eigenvalue weighted by molar-refractivity contribution is 0.191. The highest BCUT2D eigenvalue weighted by Crippen LogP contribution is 2.36. The molecule has 27 heavy (non-hydrogen) atoms. The summed E-state index contributed by atoms with van der Waals surface area (Å²) < 4.78 is 14.0. The van der Waals surface area contributed by atoms with E-state index in [-0.39, 0.29) is 5.92 Å². The first-order valence-electron chi connectivity index (χ1n) is 10.7. The standard InChI is InChI=1S/C25H34FN/c1-3-18-27(19-22-8-5-4-6-9-22)20(2)12-13-21-14-16-23(17-15-21)24-10-7-11-25(24)26/h4-6,8-9,14-17,20,24-25H,3,7,10-13,18-19H2,1-2H3. The maximum atomic E-state index is 14.0. The van der Waals surface area contributed by atoms with Crippen LogP contribution in [0.15, 0.2) is 54.6 Å². The summed E-state index contributed by atoms with van der Waals surface area (Å²) in [4.78, 5) is 2.59. The average molecular weight is 368 g/mol. The number of halogens is 1. The SMILES string of the molecule is CCCN(Cc1ccccc1)C(C)CCc1ccc(C2CCCC2F)cc1. The summed E-state index contributed by atoms with van der Waals surface area (Å²) in [6.45, 7) is 6.76. The Labute approximate surface area is 164 Å². The van der Waals surface area contributed by atoms with Crippen LogP contribution in [0.4, 0.5) is 4.39 Å². The van der Waals surface area contributed by atoms with Crippen molar-refractivity contribution in [1.82, 2.24) is 4.90 Å². The van der Waals surface area contributed by atoms with Gasteiger partial charge in [0.2, 0.25) is 0 Å². The molecule has 0 spiro atoms. The molecule has 0 aromatic heterocycles. The third-order valence-corrected chi connectivity index (χ3v) is 6.05. The predicted molar refractivity (Wildman–Crippen MR) is 113 cm³/mol. The van der Waals surface area contributed by atoms with E-state index in [9.17, 15) is 4.39 Å². The number of rotatable bonds is 9. The zero-order chi connectivity index (χ0) is 19.1. The van der Waals surface area contributed by atoms with Crippen LogP contribution in [0, 0.1) is 0 Å². The molecule has 0 amide bonds. The molecule has 0 aliphatic heterocycles. The fourth-order valence-corrected chi connectivity index (χ4v) is 4.34. The third-order valence-electron chi connectivity index (χ3n) is 6.05. The molecule has 146 valence electrons. The van der Waals surface area contributed by atoms with Crippen LogP contribution in [0.5, 0.6) is 0 Å². The number of nitrogens with zero attached hydrogens (tertiary/aromatic N) is 1. The Bertz CT molecular complexity index is 666. The summed E-state index contributed by atoms with van der Waals surface area (Å²) >= 11 is 0. The lowest BCUT2D eigenvalue weighted by Gasteiger charge is -2.29. The second-order valence-corrected chi connectivity index (χ2v) is 8.14. The smallest absolute Gasteiger partial charge is 0.107 e. The van der Waals surface area contributed by atoms with Crippen LogP contribution in [-0.4, -0.2) is 23.7 Å². The highest BCUT2D eigenvalue weighted by atomic mass is 19.1. The Kier molecular flexibility index (Phi) is 7.46. The molecule has 1 nitrogen and oxygen atoms in total. The molecule has 3 rings (SSSR count). The van der Waals surface area contributed by atoms with Crippen molar-refractivity contribution < 1.29 is 4.39 Å². The van der Waals surface area contributed by atoms with Crippen molar-refractivity contribution in [2.75, 3.05) is 6.54 Å². The molecule has 0 N–H and O–H groups in total. The number of hydrogen-bond acceptors (Lipinski definition) is 1. The van der Waals surface area contributed by atoms with Crippen LogP contribution < -0.4 is 0 Å². The number of hydrogen-bond donors (Lipinski definition) is 0. The number of aryl methyl sites for hydroxylation is 1. The molecule has 0 radical (unpaired) electrons. The van der Waals surface area contributed by atoms with Crippen LogP contribution in [0.1, 0.15) is 68.6 Å². The van der Waals surface area contributed by atoms with Gasteiger partial charge in [0, 0.05) is 18.5 Å². The fraction of sp³-hybridized carbons (Fsp3) is 0.520. The molecule has 1 fully saturated rings. The van der Waals surface area contributed by atoms with E-state index in [4.69, 9.17) is 0 Å². The van der Waals surface area contributed by atoms with Crippen molar-refractivity contribution in [3.63, 3.8) is 0 Å². The normalized spacial score (nSPS) is 20.9. The van der Waals surface area contributed by atoms with Gasteiger partial charge in [-0.3, -0.25) is 4.90 Å². The highest BCUT2D eigenvalue weighted by molar-refractivity contribution is 5.27. The minimum Gasteiger partial charge on any atom is -0.296 e. The molecule has 0 saturated heterocycles. The van der Waals surface area contributed by atoms with Crippen LogP contribution in [-0.2, 0) is 13.0 Å². The monoisotopic (exact) mass is 367 g/mol. The molecule has 2 aromatic rings. The zero-order valence-corrected chi connectivity index (χ0v) is 16.9. The topological polar surface area (TPSA) is 3.24 Å². The van der Waals surface area contributed by atoms with Crippen molar-refractivity contribution >= 4 is 0 Å². The largest absolute Gasteiger partial charge is 0.296 e. The quantitative estimate of drug-likeness (QED) is 0.487. The summed E-state index contributed by atoms with van der Waals surface area (Å²) in [6.07, 6.45) is 5.54. The molecule has 2 aromatic carbocycles. The van der Waals surface area contributed by atoms with E-state index in [1.165, 1.54) is 23.1 Å². The van der Waals surface area contributed by atoms with Gasteiger partial charge in [-0.1, -0.05) is 61.5 Å². The van der Waals surface area contributed by atoms with Gasteiger partial charge in [-0.15, -0.1) is 0 Å². The van der Waals surface area contributed by atoms with Crippen molar-refractivity contribution in [1.29, 1.82) is 0 Å². The minimum absolute atomic E-state index is 0.129. The molecular formula is C25H34FN. The molecule has 1 aliphatic rings. The first-order valence-corrected chi connectivity index (χ1v) is 10.7. The van der Waals surface area contributed by atoms with E-state index in [0.29, 0.717) is 6.04 Å². The Morgan fingerprint density at radius 1 is 1.00 bits per heavy atom. The van der Waals surface area contributed by atoms with Crippen LogP contribution >= 0.6 is 0 Å². The number of alkyl halides is 1. The Hall–Kier alpha value is -1.67. The van der Waals surface area contributed by atoms with E-state index in [1.807, 2.05) is 0 Å². The summed E-state index contributed by atoms with van der Waals surface area (Å²) in [5.41, 5.74) is 3.95. The molecule has 1 aliphatic carbocycles. The average Bonchev–Trinajstić information content (AvgIpc) is 3.13. The van der Waals surface area contributed by atoms with Gasteiger partial charge < -0.3 is 0 Å². The van der Waals surface area contributed by atoms with E-state index in [2.05, 4.69) is 73.3 Å². The van der Waals surface area contributed by atoms with Gasteiger partial charge in [-0.25, -0.2) is 4.39 Å². The highest BCUT2D eigenvalue weighted by Gasteiger charge is 2.28. The summed E-state index contributed by atoms with van der Waals surface area (Å²) in [5.74, 6) is 0.129. The van der Waals surface area contributed by atoms with Gasteiger partial charge in [0.1, 0.15) is 6.17 Å². The lowest BCUT2D eigenvalue weighted by Crippen LogP contribution is -2.33. The third kappa shape index (κ3) is 5.65. The van der Waals surface area contributed by atoms with Crippen molar-refractivity contribution in [3.05, 3.63) is 71.3 Å². The van der Waals surface area contributed by atoms with E-state index < -0.39 is 6.17 Å². The molecule has 1 saturated carbocycles. The molecule has 0 bridgehead atoms. The second kappa shape index (κ2) is 10.0. The summed E-state index contributed by atoms with van der Waals surface area (Å²) in [7, 11) is 0. The molecule has 0 heterocycles. The van der Waals surface area contributed by atoms with Gasteiger partial charge in [0.05, 0.1) is 0 Å². The summed E-state index contributed by atoms with van der Waals surface area (Å²) in [5, 5.41) is 0. The minimum atomic E-state index is -0.642. The molecular weight excluding hydrogens is 333 g/mol. The van der Waals surface area contributed by atoms with Crippen LogP contribution in [0.3, 0.4) is 0 Å². The number of benzene rings is 2. The van der Waals surface area contributed by atoms with Gasteiger partial charge in [0.25, 0.3) is 0 Å². The predicted octanol–water partition coefficient (Wildman–Crippen LogP) is 6.53. The first-order chi connectivity index (χ1) is 13.2. The maximum Gasteiger partial charge on any atom is 0.107 e. The Balaban J connectivity index is 1.54. The molecule has 3 unspecified atom stereocenters. The summed E-state index contributed by atoms with van der Waals surface area (Å²) in [6, 6.07) is 20.1. The van der Waals surface area contributed by atoms with Crippen LogP contribution in [0.25, 0.3) is 0 Å². The lowest BCUT2D eigenvalue weighted by atomic mass is 9.94. The van der Waals surface area contributed by atoms with Gasteiger partial charge in [-0.2, -0.15) is 0 Å². The first kappa shape index (κ1) is 20.1. The van der Waals surface area contributed by atoms with Gasteiger partial charge in [-0.05, 0) is 68.7 Å². The second-order valence-electron chi connectivity index (χ2n) is 8.14. The van der Waals surface area contributed by atoms with Crippen molar-refractivity contribution in [2.45, 2.75) is 77.0 Å². The van der Waals surface area contributed by atoms with Gasteiger partial charge >= 0.3 is 0 Å². The van der Waals surface area contributed by atoms with E-state index >= 15 is 0 Å². The van der Waals surface area contributed by atoms with Gasteiger partial charge in [0.15, 0.2) is 0 Å².